The molecule has 0 fully saturated rings. The van der Waals surface area contributed by atoms with Crippen LogP contribution in [0.3, 0.4) is 0 Å². The van der Waals surface area contributed by atoms with E-state index in [1.807, 2.05) is 24.3 Å². The van der Waals surface area contributed by atoms with E-state index in [2.05, 4.69) is 37.4 Å². The SMILES string of the molecule is Cc1cccc(C)c1COc1ccc(CCNC=O)cc1. The lowest BCUT2D eigenvalue weighted by Gasteiger charge is -2.12. The van der Waals surface area contributed by atoms with Crippen LogP contribution in [-0.2, 0) is 17.8 Å². The van der Waals surface area contributed by atoms with Gasteiger partial charge in [0.2, 0.25) is 6.41 Å². The molecule has 0 aromatic heterocycles. The molecule has 0 aliphatic carbocycles. The van der Waals surface area contributed by atoms with Crippen LogP contribution < -0.4 is 10.1 Å². The zero-order valence-corrected chi connectivity index (χ0v) is 12.6. The summed E-state index contributed by atoms with van der Waals surface area (Å²) < 4.78 is 5.86. The van der Waals surface area contributed by atoms with Gasteiger partial charge in [-0.05, 0) is 54.7 Å². The third-order valence-electron chi connectivity index (χ3n) is 3.59. The van der Waals surface area contributed by atoms with Crippen LogP contribution in [0.5, 0.6) is 5.75 Å². The lowest BCUT2D eigenvalue weighted by Crippen LogP contribution is -2.14. The Kier molecular flexibility index (Phi) is 5.38. The van der Waals surface area contributed by atoms with Crippen molar-refractivity contribution in [1.82, 2.24) is 5.32 Å². The van der Waals surface area contributed by atoms with Gasteiger partial charge in [-0.3, -0.25) is 4.79 Å². The number of nitrogens with one attached hydrogen (secondary N) is 1. The number of carbonyl (C=O) groups excluding carboxylic acids is 1. The lowest BCUT2D eigenvalue weighted by molar-refractivity contribution is -0.109. The van der Waals surface area contributed by atoms with Gasteiger partial charge in [0.25, 0.3) is 0 Å². The second-order valence-electron chi connectivity index (χ2n) is 5.12. The molecule has 0 heterocycles. The zero-order valence-electron chi connectivity index (χ0n) is 12.6. The number of hydrogen-bond acceptors (Lipinski definition) is 2. The molecule has 0 spiro atoms. The maximum atomic E-state index is 10.2. The fourth-order valence-electron chi connectivity index (χ4n) is 2.26. The molecule has 110 valence electrons. The maximum absolute atomic E-state index is 10.2. The van der Waals surface area contributed by atoms with Crippen molar-refractivity contribution in [2.24, 2.45) is 0 Å². The zero-order chi connectivity index (χ0) is 15.1. The number of hydrogen-bond donors (Lipinski definition) is 1. The largest absolute Gasteiger partial charge is 0.489 e. The minimum absolute atomic E-state index is 0.588. The monoisotopic (exact) mass is 283 g/mol. The van der Waals surface area contributed by atoms with Crippen molar-refractivity contribution in [3.8, 4) is 5.75 Å². The molecule has 2 rings (SSSR count). The summed E-state index contributed by atoms with van der Waals surface area (Å²) >= 11 is 0. The molecule has 21 heavy (non-hydrogen) atoms. The van der Waals surface area contributed by atoms with E-state index in [0.717, 1.165) is 18.6 Å². The van der Waals surface area contributed by atoms with E-state index in [9.17, 15) is 4.79 Å². The van der Waals surface area contributed by atoms with Gasteiger partial charge in [0.05, 0.1) is 0 Å². The highest BCUT2D eigenvalue weighted by Crippen LogP contribution is 2.18. The van der Waals surface area contributed by atoms with E-state index in [4.69, 9.17) is 4.74 Å². The highest BCUT2D eigenvalue weighted by atomic mass is 16.5. The quantitative estimate of drug-likeness (QED) is 0.626. The molecular weight excluding hydrogens is 262 g/mol. The third-order valence-corrected chi connectivity index (χ3v) is 3.59. The number of aryl methyl sites for hydroxylation is 2. The Balaban J connectivity index is 1.93. The van der Waals surface area contributed by atoms with Crippen molar-refractivity contribution in [3.05, 3.63) is 64.7 Å². The van der Waals surface area contributed by atoms with Gasteiger partial charge < -0.3 is 10.1 Å². The minimum atomic E-state index is 0.588. The summed E-state index contributed by atoms with van der Waals surface area (Å²) in [6, 6.07) is 14.3. The molecule has 0 saturated carbocycles. The standard InChI is InChI=1S/C18H21NO2/c1-14-4-3-5-15(2)18(14)12-21-17-8-6-16(7-9-17)10-11-19-13-20/h3-9,13H,10-12H2,1-2H3,(H,19,20). The molecule has 2 aromatic rings. The second kappa shape index (κ2) is 7.48. The van der Waals surface area contributed by atoms with E-state index in [-0.39, 0.29) is 0 Å². The van der Waals surface area contributed by atoms with Crippen molar-refractivity contribution >= 4 is 6.41 Å². The second-order valence-corrected chi connectivity index (χ2v) is 5.12. The summed E-state index contributed by atoms with van der Waals surface area (Å²) in [4.78, 5) is 10.2. The molecule has 0 aliphatic heterocycles. The van der Waals surface area contributed by atoms with Crippen LogP contribution in [-0.4, -0.2) is 13.0 Å². The van der Waals surface area contributed by atoms with Crippen LogP contribution in [0.25, 0.3) is 0 Å². The average molecular weight is 283 g/mol. The Hall–Kier alpha value is -2.29. The molecule has 0 unspecified atom stereocenters. The minimum Gasteiger partial charge on any atom is -0.489 e. The fraction of sp³-hybridized carbons (Fsp3) is 0.278. The van der Waals surface area contributed by atoms with Crippen LogP contribution >= 0.6 is 0 Å². The van der Waals surface area contributed by atoms with Crippen molar-refractivity contribution in [1.29, 1.82) is 0 Å². The smallest absolute Gasteiger partial charge is 0.207 e. The predicted molar refractivity (Wildman–Crippen MR) is 84.5 cm³/mol. The first-order valence-corrected chi connectivity index (χ1v) is 7.14. The van der Waals surface area contributed by atoms with Crippen LogP contribution in [0.4, 0.5) is 0 Å². The first-order valence-electron chi connectivity index (χ1n) is 7.14. The van der Waals surface area contributed by atoms with Gasteiger partial charge in [-0.1, -0.05) is 30.3 Å². The average Bonchev–Trinajstić information content (AvgIpc) is 2.48. The van der Waals surface area contributed by atoms with Crippen molar-refractivity contribution in [3.63, 3.8) is 0 Å². The summed E-state index contributed by atoms with van der Waals surface area (Å²) in [7, 11) is 0. The van der Waals surface area contributed by atoms with E-state index in [1.54, 1.807) is 0 Å². The summed E-state index contributed by atoms with van der Waals surface area (Å²) in [6.07, 6.45) is 1.55. The third kappa shape index (κ3) is 4.35. The highest BCUT2D eigenvalue weighted by Gasteiger charge is 2.03. The van der Waals surface area contributed by atoms with Gasteiger partial charge in [0.1, 0.15) is 12.4 Å². The molecule has 1 amide bonds. The number of rotatable bonds is 7. The maximum Gasteiger partial charge on any atom is 0.207 e. The van der Waals surface area contributed by atoms with E-state index < -0.39 is 0 Å². The van der Waals surface area contributed by atoms with Crippen LogP contribution in [0.15, 0.2) is 42.5 Å². The fourth-order valence-corrected chi connectivity index (χ4v) is 2.26. The predicted octanol–water partition coefficient (Wildman–Crippen LogP) is 3.17. The first-order chi connectivity index (χ1) is 10.2. The Bertz CT molecular complexity index is 570. The molecule has 0 saturated heterocycles. The molecule has 0 bridgehead atoms. The van der Waals surface area contributed by atoms with Crippen molar-refractivity contribution in [2.45, 2.75) is 26.9 Å². The van der Waals surface area contributed by atoms with Gasteiger partial charge >= 0.3 is 0 Å². The van der Waals surface area contributed by atoms with Gasteiger partial charge in [-0.2, -0.15) is 0 Å². The summed E-state index contributed by atoms with van der Waals surface area (Å²) in [5, 5.41) is 2.66. The van der Waals surface area contributed by atoms with Crippen LogP contribution in [0.1, 0.15) is 22.3 Å². The topological polar surface area (TPSA) is 38.3 Å². The molecule has 3 heteroatoms. The number of carbonyl (C=O) groups is 1. The Morgan fingerprint density at radius 2 is 1.71 bits per heavy atom. The number of benzene rings is 2. The van der Waals surface area contributed by atoms with Gasteiger partial charge in [0.15, 0.2) is 0 Å². The van der Waals surface area contributed by atoms with Gasteiger partial charge in [-0.15, -0.1) is 0 Å². The molecular formula is C18H21NO2. The molecule has 0 atom stereocenters. The Morgan fingerprint density at radius 3 is 2.33 bits per heavy atom. The van der Waals surface area contributed by atoms with E-state index in [0.29, 0.717) is 13.2 Å². The van der Waals surface area contributed by atoms with Crippen LogP contribution in [0, 0.1) is 13.8 Å². The van der Waals surface area contributed by atoms with E-state index >= 15 is 0 Å². The summed E-state index contributed by atoms with van der Waals surface area (Å²) in [5.41, 5.74) is 4.94. The molecule has 1 N–H and O–H groups in total. The van der Waals surface area contributed by atoms with Crippen molar-refractivity contribution < 1.29 is 9.53 Å². The number of amides is 1. The summed E-state index contributed by atoms with van der Waals surface area (Å²) in [6.45, 7) is 5.46. The molecule has 0 aliphatic rings. The summed E-state index contributed by atoms with van der Waals surface area (Å²) in [5.74, 6) is 0.866. The first kappa shape index (κ1) is 15.1. The normalized spacial score (nSPS) is 10.2. The van der Waals surface area contributed by atoms with Gasteiger partial charge in [0, 0.05) is 6.54 Å². The van der Waals surface area contributed by atoms with E-state index in [1.165, 1.54) is 22.3 Å². The Labute approximate surface area is 126 Å². The number of ether oxygens (including phenoxy) is 1. The van der Waals surface area contributed by atoms with Gasteiger partial charge in [-0.25, -0.2) is 0 Å². The van der Waals surface area contributed by atoms with Crippen LogP contribution in [0.2, 0.25) is 0 Å². The molecule has 0 radical (unpaired) electrons. The lowest BCUT2D eigenvalue weighted by atomic mass is 10.0. The molecule has 3 nitrogen and oxygen atoms in total. The van der Waals surface area contributed by atoms with Crippen molar-refractivity contribution in [2.75, 3.05) is 6.54 Å². The molecule has 2 aromatic carbocycles. The Morgan fingerprint density at radius 1 is 1.05 bits per heavy atom. The highest BCUT2D eigenvalue weighted by molar-refractivity contribution is 5.45.